The Bertz CT molecular complexity index is 861. The Morgan fingerprint density at radius 1 is 1.23 bits per heavy atom. The summed E-state index contributed by atoms with van der Waals surface area (Å²) in [5.74, 6) is -1.32. The molecule has 1 aromatic carbocycles. The zero-order valence-electron chi connectivity index (χ0n) is 14.5. The lowest BCUT2D eigenvalue weighted by molar-refractivity contribution is -0.124. The SMILES string of the molecule is CC(=O)c1cc(C(=O)OCC(=O)N[C@H](C)c2ccc(Cl)cc2Cl)n(C)c1. The molecule has 6 nitrogen and oxygen atoms in total. The van der Waals surface area contributed by atoms with Crippen molar-refractivity contribution >= 4 is 40.9 Å². The van der Waals surface area contributed by atoms with E-state index in [2.05, 4.69) is 5.32 Å². The number of Topliss-reactive ketones (excluding diaryl/α,β-unsaturated/α-hetero) is 1. The number of ketones is 1. The Morgan fingerprint density at radius 3 is 2.50 bits per heavy atom. The van der Waals surface area contributed by atoms with Gasteiger partial charge < -0.3 is 14.6 Å². The van der Waals surface area contributed by atoms with Gasteiger partial charge in [-0.1, -0.05) is 29.3 Å². The number of carbonyl (C=O) groups is 3. The van der Waals surface area contributed by atoms with Crippen LogP contribution in [0.3, 0.4) is 0 Å². The van der Waals surface area contributed by atoms with Crippen molar-refractivity contribution in [2.24, 2.45) is 7.05 Å². The number of nitrogens with zero attached hydrogens (tertiary/aromatic N) is 1. The maximum atomic E-state index is 12.1. The van der Waals surface area contributed by atoms with Crippen LogP contribution in [0.2, 0.25) is 10.0 Å². The minimum atomic E-state index is -0.688. The van der Waals surface area contributed by atoms with E-state index in [4.69, 9.17) is 27.9 Å². The number of benzene rings is 1. The summed E-state index contributed by atoms with van der Waals surface area (Å²) in [5, 5.41) is 3.63. The number of amides is 1. The van der Waals surface area contributed by atoms with Crippen LogP contribution in [0, 0.1) is 0 Å². The summed E-state index contributed by atoms with van der Waals surface area (Å²) in [4.78, 5) is 35.5. The van der Waals surface area contributed by atoms with Crippen molar-refractivity contribution < 1.29 is 19.1 Å². The molecule has 0 spiro atoms. The van der Waals surface area contributed by atoms with Crippen LogP contribution in [0.4, 0.5) is 0 Å². The van der Waals surface area contributed by atoms with Gasteiger partial charge in [0.1, 0.15) is 5.69 Å². The second kappa shape index (κ2) is 8.38. The lowest BCUT2D eigenvalue weighted by Crippen LogP contribution is -2.31. The van der Waals surface area contributed by atoms with Gasteiger partial charge in [0, 0.05) is 28.9 Å². The standard InChI is InChI=1S/C18H18Cl2N2O4/c1-10(14-5-4-13(19)7-15(14)20)21-17(24)9-26-18(25)16-6-12(11(2)23)8-22(16)3/h4-8,10H,9H2,1-3H3,(H,21,24)/t10-/m1/s1. The Morgan fingerprint density at radius 2 is 1.92 bits per heavy atom. The fourth-order valence-corrected chi connectivity index (χ4v) is 2.95. The van der Waals surface area contributed by atoms with Gasteiger partial charge in [-0.15, -0.1) is 0 Å². The molecule has 2 rings (SSSR count). The molecular weight excluding hydrogens is 379 g/mol. The third-order valence-electron chi connectivity index (χ3n) is 3.76. The average molecular weight is 397 g/mol. The smallest absolute Gasteiger partial charge is 0.355 e. The normalized spacial score (nSPS) is 11.7. The molecule has 0 aliphatic carbocycles. The molecule has 0 unspecified atom stereocenters. The van der Waals surface area contributed by atoms with Crippen LogP contribution in [0.25, 0.3) is 0 Å². The summed E-state index contributed by atoms with van der Waals surface area (Å²) >= 11 is 12.0. The molecule has 1 aromatic heterocycles. The topological polar surface area (TPSA) is 77.4 Å². The predicted octanol–water partition coefficient (Wildman–Crippen LogP) is 3.57. The van der Waals surface area contributed by atoms with Gasteiger partial charge in [-0.25, -0.2) is 4.79 Å². The van der Waals surface area contributed by atoms with Gasteiger partial charge in [0.2, 0.25) is 0 Å². The number of hydrogen-bond donors (Lipinski definition) is 1. The zero-order chi connectivity index (χ0) is 19.4. The van der Waals surface area contributed by atoms with Crippen LogP contribution in [0.15, 0.2) is 30.5 Å². The quantitative estimate of drug-likeness (QED) is 0.597. The third-order valence-corrected chi connectivity index (χ3v) is 4.32. The molecule has 2 aromatic rings. The van der Waals surface area contributed by atoms with E-state index in [0.29, 0.717) is 21.2 Å². The van der Waals surface area contributed by atoms with E-state index in [0.717, 1.165) is 0 Å². The van der Waals surface area contributed by atoms with Crippen LogP contribution < -0.4 is 5.32 Å². The number of nitrogens with one attached hydrogen (secondary N) is 1. The molecule has 0 saturated heterocycles. The summed E-state index contributed by atoms with van der Waals surface area (Å²) in [6, 6.07) is 6.02. The predicted molar refractivity (Wildman–Crippen MR) is 98.7 cm³/mol. The first-order chi connectivity index (χ1) is 12.2. The largest absolute Gasteiger partial charge is 0.451 e. The van der Waals surface area contributed by atoms with Gasteiger partial charge in [0.05, 0.1) is 6.04 Å². The molecule has 8 heteroatoms. The number of rotatable bonds is 6. The molecule has 0 fully saturated rings. The van der Waals surface area contributed by atoms with E-state index in [-0.39, 0.29) is 17.5 Å². The molecule has 138 valence electrons. The Balaban J connectivity index is 1.94. The Kier molecular flexibility index (Phi) is 6.45. The van der Waals surface area contributed by atoms with E-state index < -0.39 is 18.5 Å². The van der Waals surface area contributed by atoms with Gasteiger partial charge in [-0.2, -0.15) is 0 Å². The first-order valence-electron chi connectivity index (χ1n) is 7.77. The van der Waals surface area contributed by atoms with E-state index in [1.54, 1.807) is 32.2 Å². The summed E-state index contributed by atoms with van der Waals surface area (Å²) < 4.78 is 6.49. The maximum absolute atomic E-state index is 12.1. The number of aromatic nitrogens is 1. The molecule has 0 aliphatic rings. The van der Waals surface area contributed by atoms with Crippen molar-refractivity contribution in [3.05, 3.63) is 57.3 Å². The highest BCUT2D eigenvalue weighted by Gasteiger charge is 2.18. The van der Waals surface area contributed by atoms with Crippen molar-refractivity contribution in [2.75, 3.05) is 6.61 Å². The van der Waals surface area contributed by atoms with Crippen molar-refractivity contribution in [1.29, 1.82) is 0 Å². The summed E-state index contributed by atoms with van der Waals surface area (Å²) in [5.41, 5.74) is 1.29. The third kappa shape index (κ3) is 4.86. The maximum Gasteiger partial charge on any atom is 0.355 e. The molecule has 26 heavy (non-hydrogen) atoms. The fraction of sp³-hybridized carbons (Fsp3) is 0.278. The molecule has 0 aliphatic heterocycles. The Labute approximate surface area is 161 Å². The summed E-state index contributed by atoms with van der Waals surface area (Å²) in [6.45, 7) is 2.71. The van der Waals surface area contributed by atoms with Gasteiger partial charge in [0.15, 0.2) is 12.4 Å². The monoisotopic (exact) mass is 396 g/mol. The zero-order valence-corrected chi connectivity index (χ0v) is 16.0. The Hall–Kier alpha value is -2.31. The highest BCUT2D eigenvalue weighted by molar-refractivity contribution is 6.35. The molecule has 1 atom stereocenters. The van der Waals surface area contributed by atoms with E-state index >= 15 is 0 Å². The average Bonchev–Trinajstić information content (AvgIpc) is 2.94. The van der Waals surface area contributed by atoms with Crippen LogP contribution in [0.1, 0.15) is 46.3 Å². The van der Waals surface area contributed by atoms with Crippen molar-refractivity contribution in [1.82, 2.24) is 9.88 Å². The van der Waals surface area contributed by atoms with E-state index in [9.17, 15) is 14.4 Å². The molecule has 0 bridgehead atoms. The van der Waals surface area contributed by atoms with Crippen molar-refractivity contribution in [3.8, 4) is 0 Å². The molecular formula is C18H18Cl2N2O4. The first-order valence-corrected chi connectivity index (χ1v) is 8.53. The van der Waals surface area contributed by atoms with Crippen molar-refractivity contribution in [3.63, 3.8) is 0 Å². The molecule has 1 N–H and O–H groups in total. The lowest BCUT2D eigenvalue weighted by Gasteiger charge is -2.16. The highest BCUT2D eigenvalue weighted by atomic mass is 35.5. The van der Waals surface area contributed by atoms with Crippen LogP contribution in [-0.4, -0.2) is 28.8 Å². The van der Waals surface area contributed by atoms with Gasteiger partial charge >= 0.3 is 5.97 Å². The molecule has 1 heterocycles. The van der Waals surface area contributed by atoms with Crippen LogP contribution in [-0.2, 0) is 16.6 Å². The fourth-order valence-electron chi connectivity index (χ4n) is 2.38. The van der Waals surface area contributed by atoms with E-state index in [1.807, 2.05) is 0 Å². The minimum Gasteiger partial charge on any atom is -0.451 e. The van der Waals surface area contributed by atoms with E-state index in [1.165, 1.54) is 23.8 Å². The highest BCUT2D eigenvalue weighted by Crippen LogP contribution is 2.26. The lowest BCUT2D eigenvalue weighted by atomic mass is 10.1. The van der Waals surface area contributed by atoms with Gasteiger partial charge in [-0.05, 0) is 37.6 Å². The molecule has 0 saturated carbocycles. The second-order valence-electron chi connectivity index (χ2n) is 5.81. The van der Waals surface area contributed by atoms with Crippen LogP contribution in [0.5, 0.6) is 0 Å². The second-order valence-corrected chi connectivity index (χ2v) is 6.66. The number of halogens is 2. The number of esters is 1. The van der Waals surface area contributed by atoms with Crippen LogP contribution >= 0.6 is 23.2 Å². The summed E-state index contributed by atoms with van der Waals surface area (Å²) in [6.07, 6.45) is 1.53. The molecule has 1 amide bonds. The number of hydrogen-bond acceptors (Lipinski definition) is 4. The minimum absolute atomic E-state index is 0.161. The van der Waals surface area contributed by atoms with Crippen molar-refractivity contribution in [2.45, 2.75) is 19.9 Å². The van der Waals surface area contributed by atoms with Gasteiger partial charge in [-0.3, -0.25) is 9.59 Å². The van der Waals surface area contributed by atoms with Gasteiger partial charge in [0.25, 0.3) is 5.91 Å². The number of aryl methyl sites for hydroxylation is 1. The summed E-state index contributed by atoms with van der Waals surface area (Å²) in [7, 11) is 1.62. The first kappa shape index (κ1) is 20.0. The number of carbonyl (C=O) groups excluding carboxylic acids is 3. The number of ether oxygens (including phenoxy) is 1. The molecule has 0 radical (unpaired) electrons.